The molecule has 2 atom stereocenters. The molecule has 0 unspecified atom stereocenters. The summed E-state index contributed by atoms with van der Waals surface area (Å²) in [6, 6.07) is 10.2. The molecule has 1 N–H and O–H groups in total. The van der Waals surface area contributed by atoms with E-state index in [4.69, 9.17) is 4.74 Å². The molecule has 132 valence electrons. The van der Waals surface area contributed by atoms with Crippen LogP contribution in [0.2, 0.25) is 0 Å². The molecule has 0 aliphatic carbocycles. The number of hydrogen-bond donors (Lipinski definition) is 1. The lowest BCUT2D eigenvalue weighted by Gasteiger charge is -2.14. The highest BCUT2D eigenvalue weighted by Crippen LogP contribution is 2.39. The van der Waals surface area contributed by atoms with Crippen molar-refractivity contribution in [3.63, 3.8) is 0 Å². The predicted octanol–water partition coefficient (Wildman–Crippen LogP) is 3.91. The van der Waals surface area contributed by atoms with E-state index < -0.39 is 0 Å². The maximum Gasteiger partial charge on any atom is 0.220 e. The smallest absolute Gasteiger partial charge is 0.220 e. The molecule has 0 saturated carbocycles. The minimum absolute atomic E-state index is 0.0138. The summed E-state index contributed by atoms with van der Waals surface area (Å²) in [6.07, 6.45) is 4.20. The lowest BCUT2D eigenvalue weighted by Crippen LogP contribution is -2.35. The Kier molecular flexibility index (Phi) is 5.37. The summed E-state index contributed by atoms with van der Waals surface area (Å²) in [5, 5.41) is 3.02. The van der Waals surface area contributed by atoms with Crippen molar-refractivity contribution >= 4 is 5.91 Å². The zero-order valence-electron chi connectivity index (χ0n) is 15.2. The number of aromatic nitrogens is 1. The summed E-state index contributed by atoms with van der Waals surface area (Å²) < 4.78 is 6.17. The van der Waals surface area contributed by atoms with Crippen LogP contribution < -0.4 is 10.1 Å². The van der Waals surface area contributed by atoms with Crippen LogP contribution >= 0.6 is 0 Å². The van der Waals surface area contributed by atoms with Gasteiger partial charge >= 0.3 is 0 Å². The van der Waals surface area contributed by atoms with Crippen molar-refractivity contribution in [1.29, 1.82) is 0 Å². The average molecular weight is 338 g/mol. The standard InChI is InChI=1S/C21H26N2O2/c1-4-14(2)11-20(24)23-13-17-12-16-9-15(3)10-18(21(16)25-17)19-7-5-6-8-22-19/h5-10,14,17H,4,11-13H2,1-3H3,(H,23,24)/t14-,17-/m0/s1. The third-order valence-electron chi connectivity index (χ3n) is 4.74. The minimum Gasteiger partial charge on any atom is -0.487 e. The zero-order chi connectivity index (χ0) is 17.8. The monoisotopic (exact) mass is 338 g/mol. The van der Waals surface area contributed by atoms with Crippen molar-refractivity contribution in [1.82, 2.24) is 10.3 Å². The van der Waals surface area contributed by atoms with Gasteiger partial charge in [0.15, 0.2) is 0 Å². The van der Waals surface area contributed by atoms with Crippen LogP contribution in [0.5, 0.6) is 5.75 Å². The molecule has 25 heavy (non-hydrogen) atoms. The Morgan fingerprint density at radius 2 is 2.24 bits per heavy atom. The molecule has 2 heterocycles. The first-order valence-electron chi connectivity index (χ1n) is 9.05. The molecule has 1 aromatic heterocycles. The summed E-state index contributed by atoms with van der Waals surface area (Å²) in [6.45, 7) is 6.85. The summed E-state index contributed by atoms with van der Waals surface area (Å²) in [7, 11) is 0. The van der Waals surface area contributed by atoms with E-state index in [1.54, 1.807) is 6.20 Å². The molecule has 4 heteroatoms. The van der Waals surface area contributed by atoms with Gasteiger partial charge in [0.05, 0.1) is 12.2 Å². The predicted molar refractivity (Wildman–Crippen MR) is 99.6 cm³/mol. The van der Waals surface area contributed by atoms with Crippen molar-refractivity contribution in [3.8, 4) is 17.0 Å². The van der Waals surface area contributed by atoms with Gasteiger partial charge in [-0.1, -0.05) is 32.4 Å². The Bertz CT molecular complexity index is 743. The fourth-order valence-electron chi connectivity index (χ4n) is 3.18. The van der Waals surface area contributed by atoms with Crippen molar-refractivity contribution in [2.24, 2.45) is 5.92 Å². The number of amides is 1. The number of benzene rings is 1. The minimum atomic E-state index is -0.0138. The number of pyridine rings is 1. The maximum atomic E-state index is 12.0. The first kappa shape index (κ1) is 17.5. The van der Waals surface area contributed by atoms with Gasteiger partial charge in [-0.25, -0.2) is 0 Å². The topological polar surface area (TPSA) is 51.2 Å². The van der Waals surface area contributed by atoms with E-state index in [1.165, 1.54) is 11.1 Å². The fourth-order valence-corrected chi connectivity index (χ4v) is 3.18. The Morgan fingerprint density at radius 3 is 2.96 bits per heavy atom. The van der Waals surface area contributed by atoms with Crippen LogP contribution in [0, 0.1) is 12.8 Å². The van der Waals surface area contributed by atoms with Crippen LogP contribution in [-0.2, 0) is 11.2 Å². The number of fused-ring (bicyclic) bond motifs is 1. The number of nitrogens with zero attached hydrogens (tertiary/aromatic N) is 1. The molecule has 3 rings (SSSR count). The highest BCUT2D eigenvalue weighted by Gasteiger charge is 2.27. The molecule has 1 aliphatic heterocycles. The van der Waals surface area contributed by atoms with Crippen LogP contribution in [0.15, 0.2) is 36.5 Å². The van der Waals surface area contributed by atoms with Gasteiger partial charge in [-0.05, 0) is 42.2 Å². The lowest BCUT2D eigenvalue weighted by atomic mass is 10.0. The number of carbonyl (C=O) groups excluding carboxylic acids is 1. The number of ether oxygens (including phenoxy) is 1. The van der Waals surface area contributed by atoms with E-state index in [9.17, 15) is 4.79 Å². The second-order valence-electron chi connectivity index (χ2n) is 6.98. The Balaban J connectivity index is 1.70. The molecule has 4 nitrogen and oxygen atoms in total. The van der Waals surface area contributed by atoms with Crippen LogP contribution in [0.25, 0.3) is 11.3 Å². The normalized spacial score (nSPS) is 16.8. The molecular weight excluding hydrogens is 312 g/mol. The first-order valence-corrected chi connectivity index (χ1v) is 9.05. The molecular formula is C21H26N2O2. The van der Waals surface area contributed by atoms with Gasteiger partial charge in [-0.2, -0.15) is 0 Å². The van der Waals surface area contributed by atoms with Crippen molar-refractivity contribution in [2.45, 2.75) is 46.1 Å². The van der Waals surface area contributed by atoms with E-state index in [1.807, 2.05) is 18.2 Å². The van der Waals surface area contributed by atoms with Crippen LogP contribution in [0.3, 0.4) is 0 Å². The molecule has 1 amide bonds. The third-order valence-corrected chi connectivity index (χ3v) is 4.74. The van der Waals surface area contributed by atoms with E-state index in [0.29, 0.717) is 18.9 Å². The molecule has 0 fully saturated rings. The van der Waals surface area contributed by atoms with Gasteiger partial charge in [0, 0.05) is 24.6 Å². The van der Waals surface area contributed by atoms with Crippen molar-refractivity contribution < 1.29 is 9.53 Å². The van der Waals surface area contributed by atoms with Crippen molar-refractivity contribution in [2.75, 3.05) is 6.54 Å². The number of hydrogen-bond acceptors (Lipinski definition) is 3. The Morgan fingerprint density at radius 1 is 1.40 bits per heavy atom. The third kappa shape index (κ3) is 4.19. The van der Waals surface area contributed by atoms with Gasteiger partial charge < -0.3 is 10.1 Å². The molecule has 1 aromatic carbocycles. The fraction of sp³-hybridized carbons (Fsp3) is 0.429. The van der Waals surface area contributed by atoms with E-state index in [0.717, 1.165) is 29.8 Å². The summed E-state index contributed by atoms with van der Waals surface area (Å²) in [5.74, 6) is 1.43. The Hall–Kier alpha value is -2.36. The van der Waals surface area contributed by atoms with Gasteiger partial charge in [0.2, 0.25) is 5.91 Å². The summed E-state index contributed by atoms with van der Waals surface area (Å²) in [5.41, 5.74) is 4.35. The Labute approximate surface area is 149 Å². The zero-order valence-corrected chi connectivity index (χ0v) is 15.2. The second kappa shape index (κ2) is 7.68. The SMILES string of the molecule is CC[C@H](C)CC(=O)NC[C@@H]1Cc2cc(C)cc(-c3ccccn3)c2O1. The molecule has 2 aromatic rings. The number of aryl methyl sites for hydroxylation is 1. The first-order chi connectivity index (χ1) is 12.1. The quantitative estimate of drug-likeness (QED) is 0.869. The largest absolute Gasteiger partial charge is 0.487 e. The maximum absolute atomic E-state index is 12.0. The number of carbonyl (C=O) groups is 1. The van der Waals surface area contributed by atoms with Crippen LogP contribution in [0.1, 0.15) is 37.8 Å². The summed E-state index contributed by atoms with van der Waals surface area (Å²) in [4.78, 5) is 16.5. The molecule has 0 spiro atoms. The lowest BCUT2D eigenvalue weighted by molar-refractivity contribution is -0.122. The molecule has 0 bridgehead atoms. The molecule has 0 saturated heterocycles. The summed E-state index contributed by atoms with van der Waals surface area (Å²) >= 11 is 0. The van der Waals surface area contributed by atoms with E-state index >= 15 is 0 Å². The second-order valence-corrected chi connectivity index (χ2v) is 6.98. The van der Waals surface area contributed by atoms with Crippen molar-refractivity contribution in [3.05, 3.63) is 47.7 Å². The number of nitrogens with one attached hydrogen (secondary N) is 1. The highest BCUT2D eigenvalue weighted by atomic mass is 16.5. The van der Waals surface area contributed by atoms with Gasteiger partial charge in [-0.3, -0.25) is 9.78 Å². The van der Waals surface area contributed by atoms with E-state index in [2.05, 4.69) is 43.2 Å². The molecule has 1 aliphatic rings. The van der Waals surface area contributed by atoms with Gasteiger partial charge in [0.1, 0.15) is 11.9 Å². The van der Waals surface area contributed by atoms with E-state index in [-0.39, 0.29) is 12.0 Å². The van der Waals surface area contributed by atoms with Crippen LogP contribution in [-0.4, -0.2) is 23.5 Å². The molecule has 0 radical (unpaired) electrons. The van der Waals surface area contributed by atoms with Gasteiger partial charge in [0.25, 0.3) is 0 Å². The average Bonchev–Trinajstić information content (AvgIpc) is 3.02. The number of rotatable bonds is 6. The highest BCUT2D eigenvalue weighted by molar-refractivity contribution is 5.76. The van der Waals surface area contributed by atoms with Crippen LogP contribution in [0.4, 0.5) is 0 Å². The van der Waals surface area contributed by atoms with Gasteiger partial charge in [-0.15, -0.1) is 0 Å².